The molecule has 38 heavy (non-hydrogen) atoms. The Hall–Kier alpha value is -1.54. The maximum Gasteiger partial charge on any atom is 0.472 e. The molecule has 0 saturated carbocycles. The number of rotatable bonds is 26. The molecular formula is C29H52NO7P. The largest absolute Gasteiger partial charge is 0.472 e. The SMILES string of the molecule is CC/C=C\C/C=C\C/C=C\C/C=C\CCCCCOCC(COP(=O)(O)OCCN)OC(=O)CCCCC. The van der Waals surface area contributed by atoms with Gasteiger partial charge >= 0.3 is 13.8 Å². The van der Waals surface area contributed by atoms with Crippen LogP contribution in [0.25, 0.3) is 0 Å². The first-order valence-corrected chi connectivity index (χ1v) is 15.6. The summed E-state index contributed by atoms with van der Waals surface area (Å²) in [5.41, 5.74) is 5.28. The Labute approximate surface area is 230 Å². The molecule has 0 aliphatic rings. The fraction of sp³-hybridized carbons (Fsp3) is 0.690. The Morgan fingerprint density at radius 3 is 2.11 bits per heavy atom. The second-order valence-electron chi connectivity index (χ2n) is 8.88. The van der Waals surface area contributed by atoms with E-state index in [1.807, 2.05) is 0 Å². The molecule has 8 nitrogen and oxygen atoms in total. The van der Waals surface area contributed by atoms with Gasteiger partial charge in [-0.25, -0.2) is 4.57 Å². The van der Waals surface area contributed by atoms with Crippen LogP contribution in [-0.2, 0) is 27.9 Å². The highest BCUT2D eigenvalue weighted by atomic mass is 31.2. The summed E-state index contributed by atoms with van der Waals surface area (Å²) >= 11 is 0. The van der Waals surface area contributed by atoms with Gasteiger partial charge in [0.05, 0.1) is 19.8 Å². The lowest BCUT2D eigenvalue weighted by Crippen LogP contribution is -2.28. The number of phosphoric ester groups is 1. The first-order chi connectivity index (χ1) is 18.4. The molecule has 0 aromatic heterocycles. The Kier molecular flexibility index (Phi) is 25.9. The first kappa shape index (κ1) is 36.5. The van der Waals surface area contributed by atoms with Crippen LogP contribution in [0.4, 0.5) is 0 Å². The van der Waals surface area contributed by atoms with Crippen molar-refractivity contribution in [2.75, 3.05) is 33.0 Å². The number of carbonyl (C=O) groups is 1. The fourth-order valence-corrected chi connectivity index (χ4v) is 3.98. The number of phosphoric acid groups is 1. The van der Waals surface area contributed by atoms with Gasteiger partial charge in [0.15, 0.2) is 0 Å². The predicted octanol–water partition coefficient (Wildman–Crippen LogP) is 6.95. The van der Waals surface area contributed by atoms with E-state index in [1.165, 1.54) is 0 Å². The highest BCUT2D eigenvalue weighted by Gasteiger charge is 2.25. The summed E-state index contributed by atoms with van der Waals surface area (Å²) in [6.07, 6.45) is 27.7. The highest BCUT2D eigenvalue weighted by Crippen LogP contribution is 2.43. The molecule has 2 atom stereocenters. The van der Waals surface area contributed by atoms with Crippen molar-refractivity contribution in [2.45, 2.75) is 97.0 Å². The molecule has 2 unspecified atom stereocenters. The average molecular weight is 558 g/mol. The van der Waals surface area contributed by atoms with E-state index in [1.54, 1.807) is 0 Å². The Morgan fingerprint density at radius 1 is 0.816 bits per heavy atom. The van der Waals surface area contributed by atoms with Crippen molar-refractivity contribution in [1.29, 1.82) is 0 Å². The van der Waals surface area contributed by atoms with Crippen LogP contribution in [0.15, 0.2) is 48.6 Å². The van der Waals surface area contributed by atoms with Gasteiger partial charge in [-0.15, -0.1) is 0 Å². The molecule has 0 bridgehead atoms. The summed E-state index contributed by atoms with van der Waals surface area (Å²) in [5, 5.41) is 0. The molecule has 3 N–H and O–H groups in total. The fourth-order valence-electron chi connectivity index (χ4n) is 3.22. The third-order valence-electron chi connectivity index (χ3n) is 5.26. The number of nitrogens with two attached hydrogens (primary N) is 1. The topological polar surface area (TPSA) is 117 Å². The minimum atomic E-state index is -4.25. The van der Waals surface area contributed by atoms with Crippen LogP contribution in [0.2, 0.25) is 0 Å². The van der Waals surface area contributed by atoms with Gasteiger partial charge in [0, 0.05) is 19.6 Å². The van der Waals surface area contributed by atoms with Crippen molar-refractivity contribution in [1.82, 2.24) is 0 Å². The van der Waals surface area contributed by atoms with Crippen LogP contribution >= 0.6 is 7.82 Å². The van der Waals surface area contributed by atoms with Crippen molar-refractivity contribution >= 4 is 13.8 Å². The van der Waals surface area contributed by atoms with Gasteiger partial charge in [-0.3, -0.25) is 13.8 Å². The van der Waals surface area contributed by atoms with Crippen LogP contribution in [0.3, 0.4) is 0 Å². The Balaban J connectivity index is 4.08. The van der Waals surface area contributed by atoms with Crippen LogP contribution in [0, 0.1) is 0 Å². The van der Waals surface area contributed by atoms with E-state index in [0.29, 0.717) is 13.0 Å². The quantitative estimate of drug-likeness (QED) is 0.0508. The number of hydrogen-bond donors (Lipinski definition) is 2. The Morgan fingerprint density at radius 2 is 1.47 bits per heavy atom. The molecule has 9 heteroatoms. The van der Waals surface area contributed by atoms with E-state index in [0.717, 1.165) is 70.6 Å². The van der Waals surface area contributed by atoms with E-state index in [4.69, 9.17) is 24.3 Å². The van der Waals surface area contributed by atoms with Gasteiger partial charge in [0.1, 0.15) is 6.10 Å². The van der Waals surface area contributed by atoms with Gasteiger partial charge in [0.25, 0.3) is 0 Å². The van der Waals surface area contributed by atoms with Crippen LogP contribution < -0.4 is 5.73 Å². The molecule has 220 valence electrons. The number of carbonyl (C=O) groups excluding carboxylic acids is 1. The third-order valence-corrected chi connectivity index (χ3v) is 6.24. The summed E-state index contributed by atoms with van der Waals surface area (Å²) in [6.45, 7) is 4.50. The molecule has 0 fully saturated rings. The van der Waals surface area contributed by atoms with Gasteiger partial charge < -0.3 is 20.1 Å². The minimum Gasteiger partial charge on any atom is -0.457 e. The van der Waals surface area contributed by atoms with Crippen LogP contribution in [0.5, 0.6) is 0 Å². The molecule has 0 aliphatic heterocycles. The van der Waals surface area contributed by atoms with E-state index < -0.39 is 13.9 Å². The van der Waals surface area contributed by atoms with Crippen LogP contribution in [0.1, 0.15) is 90.9 Å². The molecular weight excluding hydrogens is 505 g/mol. The lowest BCUT2D eigenvalue weighted by Gasteiger charge is -2.20. The van der Waals surface area contributed by atoms with Gasteiger partial charge in [0.2, 0.25) is 0 Å². The zero-order valence-corrected chi connectivity index (χ0v) is 24.5. The maximum atomic E-state index is 12.1. The summed E-state index contributed by atoms with van der Waals surface area (Å²) in [5.74, 6) is -0.371. The molecule has 0 saturated heterocycles. The highest BCUT2D eigenvalue weighted by molar-refractivity contribution is 7.47. The molecule has 0 amide bonds. The van der Waals surface area contributed by atoms with Gasteiger partial charge in [-0.05, 0) is 51.4 Å². The number of ether oxygens (including phenoxy) is 2. The predicted molar refractivity (Wildman–Crippen MR) is 155 cm³/mol. The molecule has 0 radical (unpaired) electrons. The van der Waals surface area contributed by atoms with Crippen molar-refractivity contribution in [2.24, 2.45) is 5.73 Å². The third kappa shape index (κ3) is 26.1. The van der Waals surface area contributed by atoms with Gasteiger partial charge in [-0.1, -0.05) is 81.7 Å². The zero-order valence-electron chi connectivity index (χ0n) is 23.6. The lowest BCUT2D eigenvalue weighted by molar-refractivity contribution is -0.154. The summed E-state index contributed by atoms with van der Waals surface area (Å²) < 4.78 is 32.6. The smallest absolute Gasteiger partial charge is 0.457 e. The number of allylic oxidation sites excluding steroid dienone is 8. The van der Waals surface area contributed by atoms with E-state index in [2.05, 4.69) is 62.5 Å². The van der Waals surface area contributed by atoms with Crippen molar-refractivity contribution in [3.63, 3.8) is 0 Å². The van der Waals surface area contributed by atoms with Gasteiger partial charge in [-0.2, -0.15) is 0 Å². The molecule has 0 heterocycles. The molecule has 0 aromatic rings. The van der Waals surface area contributed by atoms with E-state index >= 15 is 0 Å². The molecule has 0 aliphatic carbocycles. The molecule has 0 rings (SSSR count). The first-order valence-electron chi connectivity index (χ1n) is 14.1. The number of unbranched alkanes of at least 4 members (excludes halogenated alkanes) is 5. The minimum absolute atomic E-state index is 0.0905. The summed E-state index contributed by atoms with van der Waals surface area (Å²) in [6, 6.07) is 0. The van der Waals surface area contributed by atoms with Crippen molar-refractivity contribution in [3.05, 3.63) is 48.6 Å². The number of esters is 1. The standard InChI is InChI=1S/C29H52NO7P/c1-3-5-7-8-9-10-11-12-13-14-15-16-17-18-19-21-24-34-26-28(37-29(31)22-20-6-4-2)27-36-38(32,33)35-25-23-30/h5,7,9-10,12-13,15-16,28H,3-4,6,8,11,14,17-27,30H2,1-2H3,(H,32,33)/b7-5-,10-9-,13-12-,16-15-. The Bertz CT molecular complexity index is 722. The average Bonchev–Trinajstić information content (AvgIpc) is 2.90. The lowest BCUT2D eigenvalue weighted by atomic mass is 10.2. The normalized spacial score (nSPS) is 14.7. The molecule has 0 spiro atoms. The number of hydrogen-bond acceptors (Lipinski definition) is 7. The zero-order chi connectivity index (χ0) is 28.2. The molecule has 0 aromatic carbocycles. The van der Waals surface area contributed by atoms with Crippen LogP contribution in [-0.4, -0.2) is 49.9 Å². The van der Waals surface area contributed by atoms with E-state index in [-0.39, 0.29) is 32.3 Å². The second-order valence-corrected chi connectivity index (χ2v) is 10.3. The second kappa shape index (κ2) is 27.0. The summed E-state index contributed by atoms with van der Waals surface area (Å²) in [7, 11) is -4.25. The van der Waals surface area contributed by atoms with Crippen molar-refractivity contribution in [3.8, 4) is 0 Å². The summed E-state index contributed by atoms with van der Waals surface area (Å²) in [4.78, 5) is 21.8. The monoisotopic (exact) mass is 557 g/mol. The van der Waals surface area contributed by atoms with Crippen molar-refractivity contribution < 1.29 is 32.8 Å². The maximum absolute atomic E-state index is 12.1. The van der Waals surface area contributed by atoms with E-state index in [9.17, 15) is 14.3 Å².